The standard InChI is InChI=1S/C31H39N3O6S/c1-22(2)19-32-31(36)24(4)33(20-25-9-13-27(39-5)14-10-25)30(35)21-34(26-11-7-23(3)8-12-26)41(37,38)29-17-15-28(40-6)16-18-29/h7-18,22,24H,19-21H2,1-6H3,(H,32,36)/t24-/m1/s1. The van der Waals surface area contributed by atoms with Crippen molar-refractivity contribution in [2.45, 2.75) is 45.2 Å². The molecule has 3 rings (SSSR count). The zero-order chi connectivity index (χ0) is 30.2. The Balaban J connectivity index is 2.00. The number of hydrogen-bond donors (Lipinski definition) is 1. The number of methoxy groups -OCH3 is 2. The van der Waals surface area contributed by atoms with Gasteiger partial charge in [0.25, 0.3) is 10.0 Å². The van der Waals surface area contributed by atoms with Crippen LogP contribution in [0.25, 0.3) is 0 Å². The molecule has 0 unspecified atom stereocenters. The minimum Gasteiger partial charge on any atom is -0.497 e. The van der Waals surface area contributed by atoms with E-state index in [9.17, 15) is 18.0 Å². The van der Waals surface area contributed by atoms with E-state index in [1.54, 1.807) is 62.6 Å². The Bertz CT molecular complexity index is 1410. The fourth-order valence-electron chi connectivity index (χ4n) is 4.08. The van der Waals surface area contributed by atoms with Gasteiger partial charge in [0, 0.05) is 13.1 Å². The average Bonchev–Trinajstić information content (AvgIpc) is 2.97. The third-order valence-corrected chi connectivity index (χ3v) is 8.40. The summed E-state index contributed by atoms with van der Waals surface area (Å²) in [5.74, 6) is 0.550. The molecule has 9 nitrogen and oxygen atoms in total. The van der Waals surface area contributed by atoms with Gasteiger partial charge in [-0.3, -0.25) is 13.9 Å². The molecule has 0 saturated carbocycles. The van der Waals surface area contributed by atoms with Crippen molar-refractivity contribution < 1.29 is 27.5 Å². The molecule has 0 spiro atoms. The molecule has 0 aliphatic heterocycles. The van der Waals surface area contributed by atoms with Gasteiger partial charge in [-0.05, 0) is 73.9 Å². The SMILES string of the molecule is COc1ccc(CN(C(=O)CN(c2ccc(C)cc2)S(=O)(=O)c2ccc(OC)cc2)[C@H](C)C(=O)NCC(C)C)cc1. The fourth-order valence-corrected chi connectivity index (χ4v) is 5.49. The first-order chi connectivity index (χ1) is 19.5. The van der Waals surface area contributed by atoms with Crippen LogP contribution < -0.4 is 19.1 Å². The van der Waals surface area contributed by atoms with E-state index < -0.39 is 28.5 Å². The molecule has 10 heteroatoms. The largest absolute Gasteiger partial charge is 0.497 e. The Morgan fingerprint density at radius 2 is 1.37 bits per heavy atom. The normalized spacial score (nSPS) is 12.0. The summed E-state index contributed by atoms with van der Waals surface area (Å²) in [6.45, 7) is 7.55. The van der Waals surface area contributed by atoms with Crippen LogP contribution in [0.2, 0.25) is 0 Å². The smallest absolute Gasteiger partial charge is 0.264 e. The molecule has 0 aliphatic carbocycles. The van der Waals surface area contributed by atoms with Crippen molar-refractivity contribution >= 4 is 27.5 Å². The number of hydrogen-bond acceptors (Lipinski definition) is 6. The highest BCUT2D eigenvalue weighted by molar-refractivity contribution is 7.92. The number of ether oxygens (including phenoxy) is 2. The topological polar surface area (TPSA) is 105 Å². The summed E-state index contributed by atoms with van der Waals surface area (Å²) in [5.41, 5.74) is 2.04. The van der Waals surface area contributed by atoms with Gasteiger partial charge in [0.15, 0.2) is 0 Å². The van der Waals surface area contributed by atoms with Crippen molar-refractivity contribution in [3.63, 3.8) is 0 Å². The number of nitrogens with one attached hydrogen (secondary N) is 1. The molecule has 2 amide bonds. The van der Waals surface area contributed by atoms with Gasteiger partial charge in [0.05, 0.1) is 24.8 Å². The van der Waals surface area contributed by atoms with Crippen LogP contribution >= 0.6 is 0 Å². The molecule has 0 fully saturated rings. The van der Waals surface area contributed by atoms with Gasteiger partial charge in [-0.15, -0.1) is 0 Å². The highest BCUT2D eigenvalue weighted by Gasteiger charge is 2.32. The Hall–Kier alpha value is -4.05. The summed E-state index contributed by atoms with van der Waals surface area (Å²) in [4.78, 5) is 28.5. The highest BCUT2D eigenvalue weighted by atomic mass is 32.2. The lowest BCUT2D eigenvalue weighted by atomic mass is 10.1. The molecule has 3 aromatic rings. The van der Waals surface area contributed by atoms with E-state index in [4.69, 9.17) is 9.47 Å². The number of nitrogens with zero attached hydrogens (tertiary/aromatic N) is 2. The van der Waals surface area contributed by atoms with Crippen molar-refractivity contribution in [2.24, 2.45) is 5.92 Å². The van der Waals surface area contributed by atoms with Crippen LogP contribution in [0.15, 0.2) is 77.7 Å². The van der Waals surface area contributed by atoms with E-state index in [0.29, 0.717) is 23.7 Å². The molecule has 0 heterocycles. The summed E-state index contributed by atoms with van der Waals surface area (Å²) >= 11 is 0. The number of anilines is 1. The Labute approximate surface area is 243 Å². The minimum atomic E-state index is -4.16. The maximum Gasteiger partial charge on any atom is 0.264 e. The van der Waals surface area contributed by atoms with Crippen LogP contribution in [-0.4, -0.2) is 58.5 Å². The number of carbonyl (C=O) groups is 2. The fraction of sp³-hybridized carbons (Fsp3) is 0.355. The second-order valence-electron chi connectivity index (χ2n) is 10.2. The predicted molar refractivity (Wildman–Crippen MR) is 160 cm³/mol. The quantitative estimate of drug-likeness (QED) is 0.321. The molecule has 220 valence electrons. The number of aryl methyl sites for hydroxylation is 1. The van der Waals surface area contributed by atoms with Gasteiger partial charge in [-0.25, -0.2) is 8.42 Å². The molecule has 1 atom stereocenters. The van der Waals surface area contributed by atoms with E-state index >= 15 is 0 Å². The van der Waals surface area contributed by atoms with Crippen molar-refractivity contribution in [3.8, 4) is 11.5 Å². The van der Waals surface area contributed by atoms with Crippen molar-refractivity contribution in [1.82, 2.24) is 10.2 Å². The lowest BCUT2D eigenvalue weighted by Crippen LogP contribution is -2.51. The molecule has 0 bridgehead atoms. The first-order valence-electron chi connectivity index (χ1n) is 13.4. The number of rotatable bonds is 13. The van der Waals surface area contributed by atoms with Crippen LogP contribution in [0.4, 0.5) is 5.69 Å². The van der Waals surface area contributed by atoms with Gasteiger partial charge in [0.2, 0.25) is 11.8 Å². The molecule has 41 heavy (non-hydrogen) atoms. The predicted octanol–water partition coefficient (Wildman–Crippen LogP) is 4.40. The van der Waals surface area contributed by atoms with E-state index in [1.165, 1.54) is 24.1 Å². The third-order valence-electron chi connectivity index (χ3n) is 6.61. The lowest BCUT2D eigenvalue weighted by molar-refractivity contribution is -0.139. The van der Waals surface area contributed by atoms with E-state index in [-0.39, 0.29) is 23.3 Å². The highest BCUT2D eigenvalue weighted by Crippen LogP contribution is 2.26. The van der Waals surface area contributed by atoms with Crippen LogP contribution in [0.3, 0.4) is 0 Å². The van der Waals surface area contributed by atoms with Gasteiger partial charge in [-0.2, -0.15) is 0 Å². The summed E-state index contributed by atoms with van der Waals surface area (Å²) in [6.07, 6.45) is 0. The van der Waals surface area contributed by atoms with E-state index in [0.717, 1.165) is 15.4 Å². The zero-order valence-electron chi connectivity index (χ0n) is 24.5. The molecule has 1 N–H and O–H groups in total. The second kappa shape index (κ2) is 14.0. The van der Waals surface area contributed by atoms with Crippen LogP contribution in [0, 0.1) is 12.8 Å². The zero-order valence-corrected chi connectivity index (χ0v) is 25.3. The molecule has 0 radical (unpaired) electrons. The molecular weight excluding hydrogens is 542 g/mol. The summed E-state index contributed by atoms with van der Waals surface area (Å²) in [5, 5.41) is 2.88. The lowest BCUT2D eigenvalue weighted by Gasteiger charge is -2.32. The first-order valence-corrected chi connectivity index (χ1v) is 14.8. The van der Waals surface area contributed by atoms with Crippen molar-refractivity contribution in [3.05, 3.63) is 83.9 Å². The van der Waals surface area contributed by atoms with E-state index in [1.807, 2.05) is 32.9 Å². The molecule has 0 saturated heterocycles. The van der Waals surface area contributed by atoms with Gasteiger partial charge >= 0.3 is 0 Å². The number of sulfonamides is 1. The maximum absolute atomic E-state index is 14.0. The Kier molecular flexibility index (Phi) is 10.8. The first kappa shape index (κ1) is 31.5. The van der Waals surface area contributed by atoms with Crippen LogP contribution in [-0.2, 0) is 26.2 Å². The van der Waals surface area contributed by atoms with E-state index in [2.05, 4.69) is 5.32 Å². The summed E-state index contributed by atoms with van der Waals surface area (Å²) < 4.78 is 39.3. The van der Waals surface area contributed by atoms with Crippen LogP contribution in [0.5, 0.6) is 11.5 Å². The summed E-state index contributed by atoms with van der Waals surface area (Å²) in [7, 11) is -1.10. The van der Waals surface area contributed by atoms with Gasteiger partial charge in [0.1, 0.15) is 24.1 Å². The average molecular weight is 582 g/mol. The van der Waals surface area contributed by atoms with Crippen molar-refractivity contribution in [1.29, 1.82) is 0 Å². The van der Waals surface area contributed by atoms with Crippen molar-refractivity contribution in [2.75, 3.05) is 31.6 Å². The number of benzene rings is 3. The number of amides is 2. The summed E-state index contributed by atoms with van der Waals surface area (Å²) in [6, 6.07) is 19.2. The van der Waals surface area contributed by atoms with Gasteiger partial charge in [-0.1, -0.05) is 43.7 Å². The van der Waals surface area contributed by atoms with Gasteiger partial charge < -0.3 is 19.7 Å². The minimum absolute atomic E-state index is 0.0103. The Morgan fingerprint density at radius 1 is 0.829 bits per heavy atom. The molecular formula is C31H39N3O6S. The van der Waals surface area contributed by atoms with Crippen LogP contribution in [0.1, 0.15) is 31.9 Å². The molecule has 0 aliphatic rings. The second-order valence-corrected chi connectivity index (χ2v) is 12.1. The molecule has 3 aromatic carbocycles. The molecule has 0 aromatic heterocycles. The Morgan fingerprint density at radius 3 is 1.88 bits per heavy atom. The maximum atomic E-state index is 14.0. The monoisotopic (exact) mass is 581 g/mol. The number of carbonyl (C=O) groups excluding carboxylic acids is 2. The third kappa shape index (κ3) is 8.23.